The van der Waals surface area contributed by atoms with Crippen molar-refractivity contribution >= 4 is 22.4 Å². The van der Waals surface area contributed by atoms with Gasteiger partial charge in [-0.15, -0.1) is 0 Å². The number of hydrogen-bond acceptors (Lipinski definition) is 2. The Hall–Kier alpha value is -2.65. The molecule has 1 aliphatic rings. The number of carbonyl (C=O) groups is 1. The average Bonchev–Trinajstić information content (AvgIpc) is 3.36. The maximum atomic E-state index is 12.3. The van der Waals surface area contributed by atoms with E-state index in [1.807, 2.05) is 54.6 Å². The van der Waals surface area contributed by atoms with Gasteiger partial charge in [-0.1, -0.05) is 60.7 Å². The van der Waals surface area contributed by atoms with Gasteiger partial charge in [0.15, 0.2) is 6.10 Å². The van der Waals surface area contributed by atoms with Gasteiger partial charge in [-0.05, 0) is 28.5 Å². The zero-order valence-corrected chi connectivity index (χ0v) is 11.9. The van der Waals surface area contributed by atoms with Gasteiger partial charge >= 0.3 is 0 Å². The highest BCUT2D eigenvalue weighted by molar-refractivity contribution is 5.97. The Labute approximate surface area is 128 Å². The average molecular weight is 289 g/mol. The summed E-state index contributed by atoms with van der Waals surface area (Å²) >= 11 is 0. The number of hydrogen-bond donors (Lipinski definition) is 1. The molecule has 22 heavy (non-hydrogen) atoms. The van der Waals surface area contributed by atoms with Gasteiger partial charge in [-0.2, -0.15) is 0 Å². The van der Waals surface area contributed by atoms with Crippen LogP contribution in [0.5, 0.6) is 0 Å². The summed E-state index contributed by atoms with van der Waals surface area (Å²) in [4.78, 5) is 12.3. The van der Waals surface area contributed by atoms with Crippen LogP contribution in [0.1, 0.15) is 11.7 Å². The van der Waals surface area contributed by atoms with Gasteiger partial charge < -0.3 is 10.1 Å². The van der Waals surface area contributed by atoms with Gasteiger partial charge in [0, 0.05) is 5.69 Å². The van der Waals surface area contributed by atoms with E-state index in [1.165, 1.54) is 0 Å². The number of epoxide rings is 1. The second-order valence-corrected chi connectivity index (χ2v) is 5.40. The highest BCUT2D eigenvalue weighted by atomic mass is 16.6. The summed E-state index contributed by atoms with van der Waals surface area (Å²) < 4.78 is 5.63. The molecule has 0 spiro atoms. The van der Waals surface area contributed by atoms with Crippen LogP contribution in [0.2, 0.25) is 0 Å². The largest absolute Gasteiger partial charge is 0.354 e. The summed E-state index contributed by atoms with van der Waals surface area (Å²) in [6, 6.07) is 23.7. The molecule has 1 fully saturated rings. The number of ether oxygens (including phenoxy) is 1. The Morgan fingerprint density at radius 2 is 1.59 bits per heavy atom. The van der Waals surface area contributed by atoms with Crippen LogP contribution < -0.4 is 5.32 Å². The smallest absolute Gasteiger partial charge is 0.256 e. The molecule has 3 heteroatoms. The Kier molecular flexibility index (Phi) is 3.13. The van der Waals surface area contributed by atoms with Crippen molar-refractivity contribution in [2.75, 3.05) is 5.32 Å². The fraction of sp³-hybridized carbons (Fsp3) is 0.105. The molecule has 0 aromatic heterocycles. The molecule has 0 aliphatic carbocycles. The second kappa shape index (κ2) is 5.28. The minimum absolute atomic E-state index is 0.0934. The van der Waals surface area contributed by atoms with E-state index in [-0.39, 0.29) is 12.0 Å². The van der Waals surface area contributed by atoms with Gasteiger partial charge in [0.1, 0.15) is 6.10 Å². The number of amides is 1. The fourth-order valence-electron chi connectivity index (χ4n) is 2.78. The summed E-state index contributed by atoms with van der Waals surface area (Å²) in [6.45, 7) is 0. The maximum Gasteiger partial charge on any atom is 0.256 e. The number of carbonyl (C=O) groups excluding carboxylic acids is 1. The molecule has 1 saturated heterocycles. The lowest BCUT2D eigenvalue weighted by molar-refractivity contribution is -0.117. The molecule has 1 N–H and O–H groups in total. The number of anilines is 1. The molecule has 0 radical (unpaired) electrons. The van der Waals surface area contributed by atoms with Crippen LogP contribution in [0, 0.1) is 0 Å². The third-order valence-corrected chi connectivity index (χ3v) is 3.92. The highest BCUT2D eigenvalue weighted by Gasteiger charge is 2.46. The first-order valence-corrected chi connectivity index (χ1v) is 7.32. The molecule has 0 saturated carbocycles. The number of para-hydroxylation sites is 1. The van der Waals surface area contributed by atoms with Gasteiger partial charge in [0.25, 0.3) is 5.91 Å². The molecule has 0 bridgehead atoms. The van der Waals surface area contributed by atoms with Crippen molar-refractivity contribution in [3.8, 4) is 0 Å². The summed E-state index contributed by atoms with van der Waals surface area (Å²) in [6.07, 6.45) is -0.569. The Balaban J connectivity index is 1.55. The van der Waals surface area contributed by atoms with Crippen LogP contribution in [-0.2, 0) is 9.53 Å². The molecule has 1 aliphatic heterocycles. The Morgan fingerprint density at radius 3 is 2.45 bits per heavy atom. The van der Waals surface area contributed by atoms with Crippen LogP contribution in [0.15, 0.2) is 72.8 Å². The predicted octanol–water partition coefficient (Wildman–Crippen LogP) is 3.92. The molecular weight excluding hydrogens is 274 g/mol. The lowest BCUT2D eigenvalue weighted by Gasteiger charge is -2.04. The van der Waals surface area contributed by atoms with E-state index in [4.69, 9.17) is 4.74 Å². The summed E-state index contributed by atoms with van der Waals surface area (Å²) in [5.41, 5.74) is 1.87. The highest BCUT2D eigenvalue weighted by Crippen LogP contribution is 2.42. The minimum Gasteiger partial charge on any atom is -0.354 e. The SMILES string of the molecule is O=C(Nc1ccccc1)[C@@H]1O[C@@H]1c1cccc2ccccc12. The van der Waals surface area contributed by atoms with Gasteiger partial charge in [0.2, 0.25) is 0 Å². The van der Waals surface area contributed by atoms with Crippen molar-refractivity contribution in [3.05, 3.63) is 78.4 Å². The molecule has 3 aromatic rings. The van der Waals surface area contributed by atoms with E-state index >= 15 is 0 Å². The van der Waals surface area contributed by atoms with Gasteiger partial charge in [-0.25, -0.2) is 0 Å². The van der Waals surface area contributed by atoms with E-state index in [0.29, 0.717) is 0 Å². The molecule has 1 heterocycles. The second-order valence-electron chi connectivity index (χ2n) is 5.40. The molecule has 2 atom stereocenters. The zero-order valence-electron chi connectivity index (χ0n) is 11.9. The molecular formula is C19H15NO2. The molecule has 3 aromatic carbocycles. The zero-order chi connectivity index (χ0) is 14.9. The molecule has 0 unspecified atom stereocenters. The van der Waals surface area contributed by atoms with Crippen molar-refractivity contribution < 1.29 is 9.53 Å². The molecule has 4 rings (SSSR count). The minimum atomic E-state index is -0.411. The van der Waals surface area contributed by atoms with Gasteiger partial charge in [-0.3, -0.25) is 4.79 Å². The first-order chi connectivity index (χ1) is 10.8. The monoisotopic (exact) mass is 289 g/mol. The van der Waals surface area contributed by atoms with E-state index in [1.54, 1.807) is 0 Å². The van der Waals surface area contributed by atoms with Crippen molar-refractivity contribution in [3.63, 3.8) is 0 Å². The van der Waals surface area contributed by atoms with Gasteiger partial charge in [0.05, 0.1) is 0 Å². The van der Waals surface area contributed by atoms with E-state index in [9.17, 15) is 4.79 Å². The van der Waals surface area contributed by atoms with Crippen LogP contribution >= 0.6 is 0 Å². The third-order valence-electron chi connectivity index (χ3n) is 3.92. The number of nitrogens with one attached hydrogen (secondary N) is 1. The maximum absolute atomic E-state index is 12.3. The van der Waals surface area contributed by atoms with E-state index in [2.05, 4.69) is 23.5 Å². The van der Waals surface area contributed by atoms with E-state index in [0.717, 1.165) is 22.0 Å². The van der Waals surface area contributed by atoms with Crippen LogP contribution in [-0.4, -0.2) is 12.0 Å². The Bertz CT molecular complexity index is 824. The number of benzene rings is 3. The first kappa shape index (κ1) is 13.0. The van der Waals surface area contributed by atoms with Crippen molar-refractivity contribution in [1.29, 1.82) is 0 Å². The van der Waals surface area contributed by atoms with Crippen LogP contribution in [0.25, 0.3) is 10.8 Å². The number of fused-ring (bicyclic) bond motifs is 1. The lowest BCUT2D eigenvalue weighted by Crippen LogP contribution is -2.18. The van der Waals surface area contributed by atoms with Crippen LogP contribution in [0.3, 0.4) is 0 Å². The Morgan fingerprint density at radius 1 is 0.864 bits per heavy atom. The summed E-state index contributed by atoms with van der Waals surface area (Å²) in [7, 11) is 0. The third kappa shape index (κ3) is 2.36. The molecule has 1 amide bonds. The first-order valence-electron chi connectivity index (χ1n) is 7.32. The van der Waals surface area contributed by atoms with Crippen molar-refractivity contribution in [1.82, 2.24) is 0 Å². The summed E-state index contributed by atoms with van der Waals surface area (Å²) in [5, 5.41) is 5.20. The van der Waals surface area contributed by atoms with Crippen molar-refractivity contribution in [2.45, 2.75) is 12.2 Å². The fourth-order valence-corrected chi connectivity index (χ4v) is 2.78. The number of rotatable bonds is 3. The topological polar surface area (TPSA) is 41.6 Å². The van der Waals surface area contributed by atoms with E-state index < -0.39 is 6.10 Å². The normalized spacial score (nSPS) is 19.8. The molecule has 108 valence electrons. The molecule has 3 nitrogen and oxygen atoms in total. The van der Waals surface area contributed by atoms with Crippen LogP contribution in [0.4, 0.5) is 5.69 Å². The predicted molar refractivity (Wildman–Crippen MR) is 86.6 cm³/mol. The van der Waals surface area contributed by atoms with Crippen molar-refractivity contribution in [2.24, 2.45) is 0 Å². The quantitative estimate of drug-likeness (QED) is 0.743. The standard InChI is InChI=1S/C19H15NO2/c21-19(20-14-9-2-1-3-10-14)18-17(22-18)16-12-6-8-13-7-4-5-11-15(13)16/h1-12,17-18H,(H,20,21)/t17-,18-/m1/s1. The lowest BCUT2D eigenvalue weighted by atomic mass is 10.0. The summed E-state index contributed by atoms with van der Waals surface area (Å²) in [5.74, 6) is -0.0934.